The maximum atomic E-state index is 13.2. The molecular weight excluding hydrogens is 528 g/mol. The van der Waals surface area contributed by atoms with Gasteiger partial charge in [0.25, 0.3) is 0 Å². The largest absolute Gasteiger partial charge is 0.454 e. The smallest absolute Gasteiger partial charge is 0.314 e. The minimum absolute atomic E-state index is 0.0214. The molecule has 1 heterocycles. The first kappa shape index (κ1) is 35.9. The molecule has 0 aliphatic carbocycles. The van der Waals surface area contributed by atoms with Crippen molar-refractivity contribution in [1.29, 1.82) is 0 Å². The number of ketones is 1. The molecule has 0 aromatic rings. The van der Waals surface area contributed by atoms with E-state index < -0.39 is 34.8 Å². The second kappa shape index (κ2) is 13.7. The number of cyclic esters (lactones) is 1. The van der Waals surface area contributed by atoms with E-state index >= 15 is 0 Å². The van der Waals surface area contributed by atoms with Gasteiger partial charge in [0, 0.05) is 31.8 Å². The molecule has 6 atom stereocenters. The lowest BCUT2D eigenvalue weighted by Crippen LogP contribution is -2.53. The van der Waals surface area contributed by atoms with Gasteiger partial charge in [0.05, 0.1) is 18.3 Å². The Labute approximate surface area is 240 Å². The van der Waals surface area contributed by atoms with Crippen molar-refractivity contribution >= 4 is 34.7 Å². The van der Waals surface area contributed by atoms with Gasteiger partial charge in [0.1, 0.15) is 12.2 Å². The molecule has 1 rings (SSSR count). The van der Waals surface area contributed by atoms with Crippen molar-refractivity contribution < 1.29 is 32.7 Å². The Bertz CT molecular complexity index is 883. The summed E-state index contributed by atoms with van der Waals surface area (Å²) in [5.74, 6) is -1.17. The number of carbonyl (C=O) groups is 3. The van der Waals surface area contributed by atoms with Crippen molar-refractivity contribution in [3.8, 4) is 0 Å². The zero-order chi connectivity index (χ0) is 30.6. The molecule has 0 unspecified atom stereocenters. The third-order valence-corrected chi connectivity index (χ3v) is 18.1. The number of hydrogen-bond donors (Lipinski definition) is 0. The Kier molecular flexibility index (Phi) is 12.6. The van der Waals surface area contributed by atoms with Crippen LogP contribution < -0.4 is 0 Å². The number of aldehydes is 1. The second-order valence-electron chi connectivity index (χ2n) is 14.5. The second-order valence-corrected chi connectivity index (χ2v) is 24.0. The van der Waals surface area contributed by atoms with Crippen LogP contribution >= 0.6 is 0 Å². The number of methoxy groups -OCH3 is 1. The van der Waals surface area contributed by atoms with Crippen LogP contribution in [0.15, 0.2) is 11.6 Å². The first-order valence-corrected chi connectivity index (χ1v) is 20.1. The minimum atomic E-state index is -2.29. The Morgan fingerprint density at radius 1 is 0.897 bits per heavy atom. The molecule has 0 N–H and O–H groups in total. The average molecular weight is 585 g/mol. The van der Waals surface area contributed by atoms with E-state index in [1.54, 1.807) is 7.11 Å². The highest BCUT2D eigenvalue weighted by atomic mass is 28.4. The van der Waals surface area contributed by atoms with Crippen LogP contribution in [0.2, 0.25) is 36.3 Å². The lowest BCUT2D eigenvalue weighted by atomic mass is 9.83. The summed E-state index contributed by atoms with van der Waals surface area (Å²) in [6.07, 6.45) is 0.584. The van der Waals surface area contributed by atoms with E-state index in [4.69, 9.17) is 18.3 Å². The van der Waals surface area contributed by atoms with Crippen molar-refractivity contribution in [3.05, 3.63) is 11.6 Å². The Morgan fingerprint density at radius 2 is 1.41 bits per heavy atom. The number of rotatable bonds is 6. The number of ether oxygens (including phenoxy) is 2. The van der Waals surface area contributed by atoms with Gasteiger partial charge in [-0.25, -0.2) is 0 Å². The number of hydrogen-bond acceptors (Lipinski definition) is 7. The monoisotopic (exact) mass is 584 g/mol. The molecule has 0 amide bonds. The Balaban J connectivity index is 3.75. The van der Waals surface area contributed by atoms with Gasteiger partial charge in [-0.2, -0.15) is 0 Å². The van der Waals surface area contributed by atoms with Crippen LogP contribution in [0.25, 0.3) is 0 Å². The Hall–Kier alpha value is -1.14. The van der Waals surface area contributed by atoms with Crippen molar-refractivity contribution in [3.63, 3.8) is 0 Å². The van der Waals surface area contributed by atoms with Gasteiger partial charge in [-0.1, -0.05) is 67.0 Å². The molecular formula is C30H56O7Si2. The molecule has 0 aromatic heterocycles. The molecule has 226 valence electrons. The van der Waals surface area contributed by atoms with Crippen molar-refractivity contribution in [2.24, 2.45) is 11.8 Å². The molecule has 0 bridgehead atoms. The molecule has 0 spiro atoms. The van der Waals surface area contributed by atoms with E-state index in [2.05, 4.69) is 81.6 Å². The molecule has 7 nitrogen and oxygen atoms in total. The molecule has 0 aromatic carbocycles. The molecule has 0 saturated heterocycles. The SMILES string of the molecule is CO[C@@H]1/C=C(\C)C[C@H](C=O)OC(=O)CC(=O)C[C@H](O[Si](C)(C)C(C)(C)C)[C@@H](C)[C@@H](O[Si](C)(C)C(C)(C)C)[C@@H]1C. The van der Waals surface area contributed by atoms with Crippen LogP contribution in [0.5, 0.6) is 0 Å². The van der Waals surface area contributed by atoms with Crippen LogP contribution in [-0.4, -0.2) is 66.2 Å². The quantitative estimate of drug-likeness (QED) is 0.111. The normalized spacial score (nSPS) is 30.7. The highest BCUT2D eigenvalue weighted by Gasteiger charge is 2.47. The summed E-state index contributed by atoms with van der Waals surface area (Å²) in [4.78, 5) is 37.5. The van der Waals surface area contributed by atoms with Gasteiger partial charge in [0.2, 0.25) is 0 Å². The first-order chi connectivity index (χ1) is 17.6. The lowest BCUT2D eigenvalue weighted by Gasteiger charge is -2.47. The maximum Gasteiger partial charge on any atom is 0.314 e. The van der Waals surface area contributed by atoms with Crippen molar-refractivity contribution in [1.82, 2.24) is 0 Å². The molecule has 1 aliphatic heterocycles. The number of Topliss-reactive ketones (excluding diaryl/α,β-unsaturated/α-hetero) is 1. The van der Waals surface area contributed by atoms with Crippen molar-refractivity contribution in [2.45, 2.75) is 142 Å². The highest BCUT2D eigenvalue weighted by molar-refractivity contribution is 6.74. The molecule has 0 radical (unpaired) electrons. The fraction of sp³-hybridized carbons (Fsp3) is 0.833. The van der Waals surface area contributed by atoms with Crippen LogP contribution in [0.4, 0.5) is 0 Å². The predicted octanol–water partition coefficient (Wildman–Crippen LogP) is 6.86. The molecule has 39 heavy (non-hydrogen) atoms. The summed E-state index contributed by atoms with van der Waals surface area (Å²) >= 11 is 0. The van der Waals surface area contributed by atoms with Gasteiger partial charge in [0.15, 0.2) is 29.0 Å². The van der Waals surface area contributed by atoms with E-state index in [0.717, 1.165) is 5.57 Å². The molecule has 1 aliphatic rings. The number of esters is 1. The molecule has 0 fully saturated rings. The third-order valence-electron chi connectivity index (χ3n) is 9.08. The summed E-state index contributed by atoms with van der Waals surface area (Å²) in [5, 5.41) is -0.0896. The number of carbonyl (C=O) groups excluding carboxylic acids is 3. The minimum Gasteiger partial charge on any atom is -0.454 e. The van der Waals surface area contributed by atoms with Crippen LogP contribution in [-0.2, 0) is 32.7 Å². The summed E-state index contributed by atoms with van der Waals surface area (Å²) < 4.78 is 25.4. The van der Waals surface area contributed by atoms with E-state index in [-0.39, 0.29) is 59.2 Å². The van der Waals surface area contributed by atoms with Gasteiger partial charge in [-0.05, 0) is 43.2 Å². The Morgan fingerprint density at radius 3 is 1.87 bits per heavy atom. The first-order valence-electron chi connectivity index (χ1n) is 14.3. The summed E-state index contributed by atoms with van der Waals surface area (Å²) in [7, 11) is -2.86. The topological polar surface area (TPSA) is 88.1 Å². The fourth-order valence-electron chi connectivity index (χ4n) is 4.38. The van der Waals surface area contributed by atoms with Gasteiger partial charge < -0.3 is 18.3 Å². The average Bonchev–Trinajstić information content (AvgIpc) is 2.76. The summed E-state index contributed by atoms with van der Waals surface area (Å²) in [6, 6.07) is 0. The third kappa shape index (κ3) is 10.0. The zero-order valence-electron chi connectivity index (χ0n) is 27.1. The van der Waals surface area contributed by atoms with E-state index in [0.29, 0.717) is 6.29 Å². The van der Waals surface area contributed by atoms with Crippen LogP contribution in [0.3, 0.4) is 0 Å². The van der Waals surface area contributed by atoms with E-state index in [9.17, 15) is 14.4 Å². The summed E-state index contributed by atoms with van der Waals surface area (Å²) in [5.41, 5.74) is 0.870. The molecule has 9 heteroatoms. The van der Waals surface area contributed by atoms with Gasteiger partial charge >= 0.3 is 5.97 Å². The van der Waals surface area contributed by atoms with Gasteiger partial charge in [-0.15, -0.1) is 0 Å². The summed E-state index contributed by atoms with van der Waals surface area (Å²) in [6.45, 7) is 28.1. The van der Waals surface area contributed by atoms with E-state index in [1.807, 2.05) is 13.0 Å². The van der Waals surface area contributed by atoms with Gasteiger partial charge in [-0.3, -0.25) is 14.4 Å². The van der Waals surface area contributed by atoms with Crippen LogP contribution in [0.1, 0.15) is 81.6 Å². The van der Waals surface area contributed by atoms with Crippen molar-refractivity contribution in [2.75, 3.05) is 7.11 Å². The predicted molar refractivity (Wildman–Crippen MR) is 162 cm³/mol. The highest BCUT2D eigenvalue weighted by Crippen LogP contribution is 2.43. The maximum absolute atomic E-state index is 13.2. The standard InChI is InChI=1S/C30H56O7Si2/c1-20-15-24(19-31)35-27(33)18-23(32)17-26(36-38(11,12)29(4,5)6)22(3)28(21(2)25(16-20)34-10)37-39(13,14)30(7,8)9/h16,19,21-22,24-26,28H,15,17-18H2,1-14H3/b20-16+/t21-,22-,24-,25-,26+,28+/m1/s1. The molecule has 0 saturated carbocycles. The van der Waals surface area contributed by atoms with Crippen LogP contribution in [0, 0.1) is 11.8 Å². The fourth-order valence-corrected chi connectivity index (χ4v) is 7.26. The van der Waals surface area contributed by atoms with E-state index in [1.165, 1.54) is 0 Å². The zero-order valence-corrected chi connectivity index (χ0v) is 29.1. The lowest BCUT2D eigenvalue weighted by molar-refractivity contribution is -0.153.